The van der Waals surface area contributed by atoms with Crippen molar-refractivity contribution in [1.82, 2.24) is 15.1 Å². The largest absolute Gasteiger partial charge is 0.324 e. The summed E-state index contributed by atoms with van der Waals surface area (Å²) in [5, 5.41) is 18.7. The Morgan fingerprint density at radius 3 is 2.88 bits per heavy atom. The van der Waals surface area contributed by atoms with Crippen molar-refractivity contribution < 1.29 is 13.6 Å². The van der Waals surface area contributed by atoms with Crippen molar-refractivity contribution in [2.45, 2.75) is 37.9 Å². The first-order chi connectivity index (χ1) is 11.9. The van der Waals surface area contributed by atoms with Crippen LogP contribution < -0.4 is 10.6 Å². The van der Waals surface area contributed by atoms with Gasteiger partial charge < -0.3 is 10.6 Å². The van der Waals surface area contributed by atoms with E-state index in [1.165, 1.54) is 10.9 Å². The molecule has 1 aromatic heterocycles. The van der Waals surface area contributed by atoms with E-state index in [-0.39, 0.29) is 18.9 Å². The maximum absolute atomic E-state index is 13.2. The summed E-state index contributed by atoms with van der Waals surface area (Å²) in [7, 11) is 0. The molecule has 1 aromatic carbocycles. The summed E-state index contributed by atoms with van der Waals surface area (Å²) in [5.74, 6) is -3.02. The van der Waals surface area contributed by atoms with Crippen LogP contribution in [0.1, 0.15) is 30.6 Å². The summed E-state index contributed by atoms with van der Waals surface area (Å²) in [4.78, 5) is 12.2. The predicted octanol–water partition coefficient (Wildman–Crippen LogP) is 2.45. The molecular formula is C17H17F2N5O. The Balaban J connectivity index is 1.58. The van der Waals surface area contributed by atoms with Crippen molar-refractivity contribution in [3.63, 3.8) is 0 Å². The molecule has 2 atom stereocenters. The fourth-order valence-corrected chi connectivity index (χ4v) is 2.51. The molecule has 25 heavy (non-hydrogen) atoms. The number of hydrogen-bond donors (Lipinski definition) is 2. The third-order valence-electron chi connectivity index (χ3n) is 4.13. The van der Waals surface area contributed by atoms with E-state index < -0.39 is 18.0 Å². The minimum Gasteiger partial charge on any atom is -0.324 e. The summed E-state index contributed by atoms with van der Waals surface area (Å²) in [6.45, 7) is 1.90. The number of para-hydroxylation sites is 1. The van der Waals surface area contributed by atoms with E-state index in [0.29, 0.717) is 16.9 Å². The average Bonchev–Trinajstić information content (AvgIpc) is 3.01. The molecule has 0 bridgehead atoms. The third-order valence-corrected chi connectivity index (χ3v) is 4.13. The van der Waals surface area contributed by atoms with Gasteiger partial charge in [0.15, 0.2) is 0 Å². The van der Waals surface area contributed by atoms with Gasteiger partial charge in [-0.25, -0.2) is 8.78 Å². The van der Waals surface area contributed by atoms with Gasteiger partial charge >= 0.3 is 0 Å². The quantitative estimate of drug-likeness (QED) is 0.842. The molecule has 0 saturated heterocycles. The van der Waals surface area contributed by atoms with Crippen molar-refractivity contribution in [2.24, 2.45) is 0 Å². The molecule has 1 heterocycles. The molecule has 1 aliphatic carbocycles. The number of carbonyl (C=O) groups is 1. The monoisotopic (exact) mass is 345 g/mol. The molecule has 1 aliphatic rings. The zero-order chi connectivity index (χ0) is 18.0. The number of halogens is 2. The van der Waals surface area contributed by atoms with E-state index in [2.05, 4.69) is 15.7 Å². The Kier molecular flexibility index (Phi) is 4.51. The van der Waals surface area contributed by atoms with Crippen LogP contribution in [0, 0.1) is 11.3 Å². The number of nitrogens with zero attached hydrogens (tertiary/aromatic N) is 3. The Bertz CT molecular complexity index is 826. The molecule has 1 fully saturated rings. The minimum absolute atomic E-state index is 0.206. The first kappa shape index (κ1) is 17.0. The molecule has 6 nitrogen and oxygen atoms in total. The van der Waals surface area contributed by atoms with Gasteiger partial charge in [-0.1, -0.05) is 12.1 Å². The van der Waals surface area contributed by atoms with Crippen LogP contribution in [-0.4, -0.2) is 27.7 Å². The normalized spacial score (nSPS) is 19.0. The van der Waals surface area contributed by atoms with Gasteiger partial charge in [-0.15, -0.1) is 0 Å². The van der Waals surface area contributed by atoms with Crippen LogP contribution in [0.3, 0.4) is 0 Å². The maximum atomic E-state index is 13.2. The smallest absolute Gasteiger partial charge is 0.272 e. The standard InChI is InChI=1S/C17H17F2N5O/c1-11(16(25)23-14-5-3-2-4-12(14)9-20)21-10-13-6-7-22-24(13)15-8-17(15,18)19/h2-7,11,15,21H,8,10H2,1H3,(H,23,25). The number of benzene rings is 1. The molecule has 130 valence electrons. The molecule has 0 radical (unpaired) electrons. The fraction of sp³-hybridized carbons (Fsp3) is 0.353. The second-order valence-corrected chi connectivity index (χ2v) is 6.00. The predicted molar refractivity (Wildman–Crippen MR) is 86.9 cm³/mol. The van der Waals surface area contributed by atoms with Crippen LogP contribution >= 0.6 is 0 Å². The molecular weight excluding hydrogens is 328 g/mol. The molecule has 1 amide bonds. The highest BCUT2D eigenvalue weighted by molar-refractivity contribution is 5.95. The zero-order valence-electron chi connectivity index (χ0n) is 13.5. The van der Waals surface area contributed by atoms with E-state index in [4.69, 9.17) is 5.26 Å². The van der Waals surface area contributed by atoms with Crippen LogP contribution in [0.25, 0.3) is 0 Å². The number of carbonyl (C=O) groups excluding carboxylic acids is 1. The maximum Gasteiger partial charge on any atom is 0.272 e. The Morgan fingerprint density at radius 1 is 1.48 bits per heavy atom. The molecule has 0 aliphatic heterocycles. The van der Waals surface area contributed by atoms with Gasteiger partial charge in [0.25, 0.3) is 5.92 Å². The van der Waals surface area contributed by atoms with E-state index in [1.54, 1.807) is 37.3 Å². The average molecular weight is 345 g/mol. The van der Waals surface area contributed by atoms with E-state index >= 15 is 0 Å². The zero-order valence-corrected chi connectivity index (χ0v) is 13.5. The number of nitriles is 1. The molecule has 2 aromatic rings. The van der Waals surface area contributed by atoms with Gasteiger partial charge in [0.2, 0.25) is 5.91 Å². The lowest BCUT2D eigenvalue weighted by molar-refractivity contribution is -0.117. The number of hydrogen-bond acceptors (Lipinski definition) is 4. The second kappa shape index (κ2) is 6.61. The lowest BCUT2D eigenvalue weighted by Gasteiger charge is -2.15. The van der Waals surface area contributed by atoms with Crippen LogP contribution in [0.4, 0.5) is 14.5 Å². The third kappa shape index (κ3) is 3.67. The molecule has 2 unspecified atom stereocenters. The van der Waals surface area contributed by atoms with E-state index in [9.17, 15) is 13.6 Å². The fourth-order valence-electron chi connectivity index (χ4n) is 2.51. The van der Waals surface area contributed by atoms with Gasteiger partial charge in [-0.3, -0.25) is 9.48 Å². The highest BCUT2D eigenvalue weighted by Gasteiger charge is 2.59. The molecule has 8 heteroatoms. The number of nitrogens with one attached hydrogen (secondary N) is 2. The summed E-state index contributed by atoms with van der Waals surface area (Å²) >= 11 is 0. The van der Waals surface area contributed by atoms with Gasteiger partial charge in [0.1, 0.15) is 12.1 Å². The molecule has 2 N–H and O–H groups in total. The summed E-state index contributed by atoms with van der Waals surface area (Å²) in [6.07, 6.45) is 1.27. The Morgan fingerprint density at radius 2 is 2.20 bits per heavy atom. The lowest BCUT2D eigenvalue weighted by Crippen LogP contribution is -2.38. The van der Waals surface area contributed by atoms with Gasteiger partial charge in [-0.2, -0.15) is 10.4 Å². The number of anilines is 1. The summed E-state index contributed by atoms with van der Waals surface area (Å²) in [6, 6.07) is 8.89. The van der Waals surface area contributed by atoms with Crippen molar-refractivity contribution in [3.05, 3.63) is 47.8 Å². The van der Waals surface area contributed by atoms with Crippen LogP contribution in [-0.2, 0) is 11.3 Å². The topological polar surface area (TPSA) is 82.7 Å². The highest BCUT2D eigenvalue weighted by Crippen LogP contribution is 2.52. The minimum atomic E-state index is -2.70. The molecule has 1 saturated carbocycles. The number of rotatable bonds is 6. The van der Waals surface area contributed by atoms with Gasteiger partial charge in [0, 0.05) is 19.2 Å². The van der Waals surface area contributed by atoms with Crippen molar-refractivity contribution in [2.75, 3.05) is 5.32 Å². The van der Waals surface area contributed by atoms with Crippen molar-refractivity contribution >= 4 is 11.6 Å². The van der Waals surface area contributed by atoms with Crippen LogP contribution in [0.2, 0.25) is 0 Å². The Labute approximate surface area is 143 Å². The molecule has 0 spiro atoms. The highest BCUT2D eigenvalue weighted by atomic mass is 19.3. The molecule has 3 rings (SSSR count). The number of amides is 1. The number of aromatic nitrogens is 2. The summed E-state index contributed by atoms with van der Waals surface area (Å²) < 4.78 is 27.7. The van der Waals surface area contributed by atoms with Crippen LogP contribution in [0.15, 0.2) is 36.5 Å². The second-order valence-electron chi connectivity index (χ2n) is 6.00. The van der Waals surface area contributed by atoms with Crippen LogP contribution in [0.5, 0.6) is 0 Å². The van der Waals surface area contributed by atoms with Crippen molar-refractivity contribution in [1.29, 1.82) is 5.26 Å². The SMILES string of the molecule is CC(NCc1ccnn1C1CC1(F)F)C(=O)Nc1ccccc1C#N. The first-order valence-electron chi connectivity index (χ1n) is 7.86. The number of alkyl halides is 2. The van der Waals surface area contributed by atoms with Gasteiger partial charge in [-0.05, 0) is 25.1 Å². The van der Waals surface area contributed by atoms with Crippen molar-refractivity contribution in [3.8, 4) is 6.07 Å². The summed E-state index contributed by atoms with van der Waals surface area (Å²) in [5.41, 5.74) is 1.41. The van der Waals surface area contributed by atoms with E-state index in [0.717, 1.165) is 0 Å². The van der Waals surface area contributed by atoms with Gasteiger partial charge in [0.05, 0.1) is 23.0 Å². The lowest BCUT2D eigenvalue weighted by atomic mass is 10.2. The first-order valence-corrected chi connectivity index (χ1v) is 7.86. The van der Waals surface area contributed by atoms with E-state index in [1.807, 2.05) is 6.07 Å². The Hall–Kier alpha value is -2.79.